The van der Waals surface area contributed by atoms with E-state index < -0.39 is 0 Å². The summed E-state index contributed by atoms with van der Waals surface area (Å²) in [5, 5.41) is 3.60. The summed E-state index contributed by atoms with van der Waals surface area (Å²) in [5.41, 5.74) is 2.46. The molecule has 0 saturated carbocycles. The van der Waals surface area contributed by atoms with Gasteiger partial charge < -0.3 is 14.8 Å². The van der Waals surface area contributed by atoms with Gasteiger partial charge in [-0.25, -0.2) is 0 Å². The molecule has 0 radical (unpaired) electrons. The number of hydrogen-bond acceptors (Lipinski definition) is 3. The van der Waals surface area contributed by atoms with Crippen LogP contribution in [0.25, 0.3) is 0 Å². The molecule has 2 rings (SSSR count). The van der Waals surface area contributed by atoms with Gasteiger partial charge >= 0.3 is 0 Å². The van der Waals surface area contributed by atoms with Crippen molar-refractivity contribution in [1.29, 1.82) is 0 Å². The Bertz CT molecular complexity index is 566. The zero-order valence-electron chi connectivity index (χ0n) is 13.1. The molecule has 0 aromatic heterocycles. The number of nitrogens with one attached hydrogen (secondary N) is 1. The van der Waals surface area contributed by atoms with Crippen LogP contribution in [0.5, 0.6) is 11.5 Å². The summed E-state index contributed by atoms with van der Waals surface area (Å²) in [7, 11) is 3.37. The standard InChI is InChI=1S/C18H23NO2/c1-13(15-8-10-17(20-3)11-9-15)19-14(2)16-6-5-7-18(12-16)21-4/h5-14,19H,1-4H3. The molecule has 3 heteroatoms. The van der Waals surface area contributed by atoms with E-state index in [9.17, 15) is 0 Å². The van der Waals surface area contributed by atoms with Crippen molar-refractivity contribution >= 4 is 0 Å². The van der Waals surface area contributed by atoms with E-state index in [0.717, 1.165) is 11.5 Å². The Morgan fingerprint density at radius 1 is 0.762 bits per heavy atom. The van der Waals surface area contributed by atoms with E-state index in [1.807, 2.05) is 24.3 Å². The fourth-order valence-electron chi connectivity index (χ4n) is 2.37. The number of rotatable bonds is 6. The average molecular weight is 285 g/mol. The van der Waals surface area contributed by atoms with Gasteiger partial charge in [0.15, 0.2) is 0 Å². The summed E-state index contributed by atoms with van der Waals surface area (Å²) >= 11 is 0. The third-order valence-electron chi connectivity index (χ3n) is 3.71. The van der Waals surface area contributed by atoms with Gasteiger partial charge in [0.25, 0.3) is 0 Å². The maximum Gasteiger partial charge on any atom is 0.119 e. The topological polar surface area (TPSA) is 30.5 Å². The summed E-state index contributed by atoms with van der Waals surface area (Å²) in [6.45, 7) is 4.33. The number of methoxy groups -OCH3 is 2. The van der Waals surface area contributed by atoms with Gasteiger partial charge in [-0.05, 0) is 49.2 Å². The molecule has 0 heterocycles. The Morgan fingerprint density at radius 2 is 1.38 bits per heavy atom. The molecule has 0 fully saturated rings. The molecule has 0 bridgehead atoms. The molecule has 0 spiro atoms. The SMILES string of the molecule is COc1ccc(C(C)NC(C)c2cccc(OC)c2)cc1. The van der Waals surface area contributed by atoms with Gasteiger partial charge in [-0.1, -0.05) is 24.3 Å². The first-order valence-electron chi connectivity index (χ1n) is 7.18. The van der Waals surface area contributed by atoms with Gasteiger partial charge in [0, 0.05) is 12.1 Å². The van der Waals surface area contributed by atoms with Gasteiger partial charge in [-0.2, -0.15) is 0 Å². The first-order chi connectivity index (χ1) is 10.1. The lowest BCUT2D eigenvalue weighted by Gasteiger charge is -2.21. The molecule has 2 aromatic rings. The Morgan fingerprint density at radius 3 is 2.00 bits per heavy atom. The highest BCUT2D eigenvalue weighted by Gasteiger charge is 2.11. The molecule has 0 saturated heterocycles. The zero-order valence-corrected chi connectivity index (χ0v) is 13.1. The summed E-state index contributed by atoms with van der Waals surface area (Å²) in [6.07, 6.45) is 0. The van der Waals surface area contributed by atoms with Gasteiger partial charge in [-0.3, -0.25) is 0 Å². The normalized spacial score (nSPS) is 13.5. The van der Waals surface area contributed by atoms with E-state index in [-0.39, 0.29) is 12.1 Å². The Kier molecular flexibility index (Phi) is 5.23. The summed E-state index contributed by atoms with van der Waals surface area (Å²) < 4.78 is 10.5. The highest BCUT2D eigenvalue weighted by atomic mass is 16.5. The number of hydrogen-bond donors (Lipinski definition) is 1. The summed E-state index contributed by atoms with van der Waals surface area (Å²) in [5.74, 6) is 1.77. The Hall–Kier alpha value is -2.00. The van der Waals surface area contributed by atoms with Crippen LogP contribution in [0.15, 0.2) is 48.5 Å². The van der Waals surface area contributed by atoms with Crippen molar-refractivity contribution in [2.75, 3.05) is 14.2 Å². The van der Waals surface area contributed by atoms with Crippen LogP contribution >= 0.6 is 0 Å². The Labute approximate surface area is 126 Å². The van der Waals surface area contributed by atoms with Crippen molar-refractivity contribution in [1.82, 2.24) is 5.32 Å². The molecule has 0 amide bonds. The molecule has 0 aliphatic heterocycles. The third kappa shape index (κ3) is 3.99. The lowest BCUT2D eigenvalue weighted by atomic mass is 10.0. The minimum Gasteiger partial charge on any atom is -0.497 e. The summed E-state index contributed by atoms with van der Waals surface area (Å²) in [6, 6.07) is 16.8. The van der Waals surface area contributed by atoms with Crippen LogP contribution in [-0.4, -0.2) is 14.2 Å². The van der Waals surface area contributed by atoms with Crippen LogP contribution in [0.1, 0.15) is 37.1 Å². The minimum absolute atomic E-state index is 0.247. The molecular formula is C18H23NO2. The molecule has 2 atom stereocenters. The summed E-state index contributed by atoms with van der Waals surface area (Å²) in [4.78, 5) is 0. The third-order valence-corrected chi connectivity index (χ3v) is 3.71. The van der Waals surface area contributed by atoms with E-state index >= 15 is 0 Å². The van der Waals surface area contributed by atoms with Crippen molar-refractivity contribution in [3.05, 3.63) is 59.7 Å². The lowest BCUT2D eigenvalue weighted by Crippen LogP contribution is -2.22. The largest absolute Gasteiger partial charge is 0.497 e. The highest BCUT2D eigenvalue weighted by molar-refractivity contribution is 5.31. The molecule has 2 unspecified atom stereocenters. The molecule has 21 heavy (non-hydrogen) atoms. The van der Waals surface area contributed by atoms with E-state index in [0.29, 0.717) is 0 Å². The monoisotopic (exact) mass is 285 g/mol. The quantitative estimate of drug-likeness (QED) is 0.866. The molecule has 112 valence electrons. The predicted octanol–water partition coefficient (Wildman–Crippen LogP) is 4.12. The fourth-order valence-corrected chi connectivity index (χ4v) is 2.37. The second-order valence-electron chi connectivity index (χ2n) is 5.16. The van der Waals surface area contributed by atoms with Gasteiger partial charge in [-0.15, -0.1) is 0 Å². The molecule has 2 aromatic carbocycles. The fraction of sp³-hybridized carbons (Fsp3) is 0.333. The van der Waals surface area contributed by atoms with Crippen molar-refractivity contribution in [3.63, 3.8) is 0 Å². The molecule has 3 nitrogen and oxygen atoms in total. The second-order valence-corrected chi connectivity index (χ2v) is 5.16. The predicted molar refractivity (Wildman–Crippen MR) is 86.0 cm³/mol. The maximum absolute atomic E-state index is 5.28. The minimum atomic E-state index is 0.247. The molecule has 0 aliphatic rings. The van der Waals surface area contributed by atoms with Crippen LogP contribution in [0, 0.1) is 0 Å². The van der Waals surface area contributed by atoms with Crippen molar-refractivity contribution in [2.45, 2.75) is 25.9 Å². The first kappa shape index (κ1) is 15.4. The van der Waals surface area contributed by atoms with Gasteiger partial charge in [0.2, 0.25) is 0 Å². The van der Waals surface area contributed by atoms with Crippen LogP contribution in [0.3, 0.4) is 0 Å². The van der Waals surface area contributed by atoms with Crippen LogP contribution in [-0.2, 0) is 0 Å². The van der Waals surface area contributed by atoms with Gasteiger partial charge in [0.1, 0.15) is 11.5 Å². The van der Waals surface area contributed by atoms with E-state index in [4.69, 9.17) is 9.47 Å². The van der Waals surface area contributed by atoms with Crippen LogP contribution in [0.2, 0.25) is 0 Å². The van der Waals surface area contributed by atoms with E-state index in [2.05, 4.69) is 43.4 Å². The van der Waals surface area contributed by atoms with Crippen molar-refractivity contribution < 1.29 is 9.47 Å². The Balaban J connectivity index is 2.04. The smallest absolute Gasteiger partial charge is 0.119 e. The highest BCUT2D eigenvalue weighted by Crippen LogP contribution is 2.23. The second kappa shape index (κ2) is 7.14. The number of benzene rings is 2. The maximum atomic E-state index is 5.28. The zero-order chi connectivity index (χ0) is 15.2. The van der Waals surface area contributed by atoms with Crippen molar-refractivity contribution in [3.8, 4) is 11.5 Å². The van der Waals surface area contributed by atoms with E-state index in [1.165, 1.54) is 11.1 Å². The lowest BCUT2D eigenvalue weighted by molar-refractivity contribution is 0.412. The number of ether oxygens (including phenoxy) is 2. The molecule has 1 N–H and O–H groups in total. The van der Waals surface area contributed by atoms with Crippen LogP contribution < -0.4 is 14.8 Å². The molecule has 0 aliphatic carbocycles. The van der Waals surface area contributed by atoms with Crippen molar-refractivity contribution in [2.24, 2.45) is 0 Å². The molecular weight excluding hydrogens is 262 g/mol. The van der Waals surface area contributed by atoms with E-state index in [1.54, 1.807) is 14.2 Å². The first-order valence-corrected chi connectivity index (χ1v) is 7.18. The van der Waals surface area contributed by atoms with Gasteiger partial charge in [0.05, 0.1) is 14.2 Å². The average Bonchev–Trinajstić information content (AvgIpc) is 2.54. The van der Waals surface area contributed by atoms with Crippen LogP contribution in [0.4, 0.5) is 0 Å².